The van der Waals surface area contributed by atoms with Crippen LogP contribution in [0.4, 0.5) is 11.6 Å². The van der Waals surface area contributed by atoms with Crippen LogP contribution in [0, 0.1) is 0 Å². The number of halogens is 1. The van der Waals surface area contributed by atoms with Gasteiger partial charge in [-0.15, -0.1) is 10.2 Å². The minimum atomic E-state index is -3.74. The number of nitrogens with one attached hydrogen (secondary N) is 2. The number of aromatic nitrogens is 2. The Bertz CT molecular complexity index is 750. The summed E-state index contributed by atoms with van der Waals surface area (Å²) in [5, 5.41) is 11.2. The van der Waals surface area contributed by atoms with E-state index >= 15 is 0 Å². The molecule has 9 heteroatoms. The van der Waals surface area contributed by atoms with Gasteiger partial charge in [0.2, 0.25) is 0 Å². The Morgan fingerprint density at radius 3 is 2.43 bits per heavy atom. The highest BCUT2D eigenvalue weighted by Gasteiger charge is 2.15. The second-order valence-electron chi connectivity index (χ2n) is 5.10. The van der Waals surface area contributed by atoms with Gasteiger partial charge in [0.15, 0.2) is 5.82 Å². The van der Waals surface area contributed by atoms with Crippen molar-refractivity contribution < 1.29 is 8.42 Å². The molecule has 0 radical (unpaired) electrons. The molecule has 0 atom stereocenters. The van der Waals surface area contributed by atoms with E-state index in [1.807, 2.05) is 19.0 Å². The van der Waals surface area contributed by atoms with Crippen molar-refractivity contribution in [1.29, 1.82) is 0 Å². The van der Waals surface area contributed by atoms with Crippen molar-refractivity contribution in [3.63, 3.8) is 0 Å². The standard InChI is InChI=1S/C14H18ClN5O2S/c1-20(2)9-8-16-13-6-7-14(18-17-13)19-23(21,22)12-5-3-4-11(15)10-12/h3-7,10H,8-9H2,1-2H3,(H,16,17)(H,18,19). The fraction of sp³-hybridized carbons (Fsp3) is 0.286. The largest absolute Gasteiger partial charge is 0.367 e. The maximum Gasteiger partial charge on any atom is 0.263 e. The van der Waals surface area contributed by atoms with Crippen LogP contribution in [0.25, 0.3) is 0 Å². The zero-order valence-corrected chi connectivity index (χ0v) is 14.4. The first kappa shape index (κ1) is 17.5. The van der Waals surface area contributed by atoms with Crippen LogP contribution < -0.4 is 10.0 Å². The van der Waals surface area contributed by atoms with E-state index < -0.39 is 10.0 Å². The molecule has 23 heavy (non-hydrogen) atoms. The van der Waals surface area contributed by atoms with Gasteiger partial charge in [-0.2, -0.15) is 0 Å². The molecule has 2 rings (SSSR count). The second kappa shape index (κ2) is 7.58. The van der Waals surface area contributed by atoms with Crippen LogP contribution in [-0.2, 0) is 10.0 Å². The molecule has 0 saturated carbocycles. The summed E-state index contributed by atoms with van der Waals surface area (Å²) in [5.41, 5.74) is 0. The average Bonchev–Trinajstić information content (AvgIpc) is 2.48. The molecule has 0 aliphatic heterocycles. The number of rotatable bonds is 7. The number of benzene rings is 1. The summed E-state index contributed by atoms with van der Waals surface area (Å²) in [5.74, 6) is 0.723. The summed E-state index contributed by atoms with van der Waals surface area (Å²) in [6, 6.07) is 9.22. The lowest BCUT2D eigenvalue weighted by Crippen LogP contribution is -2.21. The van der Waals surface area contributed by atoms with Gasteiger partial charge in [0.05, 0.1) is 4.90 Å². The van der Waals surface area contributed by atoms with E-state index in [0.29, 0.717) is 10.8 Å². The molecule has 0 aliphatic carbocycles. The average molecular weight is 356 g/mol. The molecule has 0 spiro atoms. The molecular formula is C14H18ClN5O2S. The van der Waals surface area contributed by atoms with Crippen LogP contribution in [0.2, 0.25) is 5.02 Å². The van der Waals surface area contributed by atoms with Gasteiger partial charge >= 0.3 is 0 Å². The highest BCUT2D eigenvalue weighted by molar-refractivity contribution is 7.92. The molecule has 0 unspecified atom stereocenters. The van der Waals surface area contributed by atoms with E-state index in [4.69, 9.17) is 11.6 Å². The van der Waals surface area contributed by atoms with Gasteiger partial charge in [-0.1, -0.05) is 17.7 Å². The van der Waals surface area contributed by atoms with Gasteiger partial charge in [-0.3, -0.25) is 4.72 Å². The van der Waals surface area contributed by atoms with E-state index in [-0.39, 0.29) is 10.7 Å². The SMILES string of the molecule is CN(C)CCNc1ccc(NS(=O)(=O)c2cccc(Cl)c2)nn1. The molecule has 7 nitrogen and oxygen atoms in total. The zero-order valence-electron chi connectivity index (χ0n) is 12.8. The molecule has 124 valence electrons. The van der Waals surface area contributed by atoms with Crippen LogP contribution in [0.5, 0.6) is 0 Å². The van der Waals surface area contributed by atoms with E-state index in [1.54, 1.807) is 24.3 Å². The van der Waals surface area contributed by atoms with E-state index in [2.05, 4.69) is 20.2 Å². The monoisotopic (exact) mass is 355 g/mol. The summed E-state index contributed by atoms with van der Waals surface area (Å²) >= 11 is 5.81. The Kier molecular flexibility index (Phi) is 5.75. The zero-order chi connectivity index (χ0) is 16.9. The van der Waals surface area contributed by atoms with Crippen molar-refractivity contribution in [2.45, 2.75) is 4.90 Å². The fourth-order valence-electron chi connectivity index (χ4n) is 1.72. The Labute approximate surface area is 140 Å². The lowest BCUT2D eigenvalue weighted by atomic mass is 10.4. The van der Waals surface area contributed by atoms with Gasteiger partial charge in [-0.05, 0) is 44.4 Å². The molecule has 0 aliphatic rings. The molecule has 0 fully saturated rings. The number of sulfonamides is 1. The molecule has 1 heterocycles. The summed E-state index contributed by atoms with van der Waals surface area (Å²) < 4.78 is 26.8. The van der Waals surface area contributed by atoms with Gasteiger partial charge < -0.3 is 10.2 Å². The topological polar surface area (TPSA) is 87.2 Å². The van der Waals surface area contributed by atoms with E-state index in [1.165, 1.54) is 12.1 Å². The predicted octanol–water partition coefficient (Wildman–Crippen LogP) is 1.90. The first-order valence-corrected chi connectivity index (χ1v) is 8.74. The molecule has 1 aromatic carbocycles. The molecule has 2 aromatic rings. The lowest BCUT2D eigenvalue weighted by molar-refractivity contribution is 0.425. The number of hydrogen-bond donors (Lipinski definition) is 2. The van der Waals surface area contributed by atoms with Crippen molar-refractivity contribution in [2.75, 3.05) is 37.2 Å². The smallest absolute Gasteiger partial charge is 0.263 e. The van der Waals surface area contributed by atoms with Crippen molar-refractivity contribution >= 4 is 33.3 Å². The summed E-state index contributed by atoms with van der Waals surface area (Å²) in [6.07, 6.45) is 0. The summed E-state index contributed by atoms with van der Waals surface area (Å²) in [6.45, 7) is 1.57. The van der Waals surface area contributed by atoms with Crippen molar-refractivity contribution in [1.82, 2.24) is 15.1 Å². The van der Waals surface area contributed by atoms with Crippen LogP contribution in [0.1, 0.15) is 0 Å². The normalized spacial score (nSPS) is 11.5. The Balaban J connectivity index is 2.03. The Morgan fingerprint density at radius 2 is 1.83 bits per heavy atom. The van der Waals surface area contributed by atoms with Crippen LogP contribution >= 0.6 is 11.6 Å². The van der Waals surface area contributed by atoms with Gasteiger partial charge in [0, 0.05) is 18.1 Å². The lowest BCUT2D eigenvalue weighted by Gasteiger charge is -2.11. The number of nitrogens with zero attached hydrogens (tertiary/aromatic N) is 3. The van der Waals surface area contributed by atoms with Crippen molar-refractivity contribution in [2.24, 2.45) is 0 Å². The quantitative estimate of drug-likeness (QED) is 0.788. The van der Waals surface area contributed by atoms with Crippen LogP contribution in [0.3, 0.4) is 0 Å². The first-order chi connectivity index (χ1) is 10.9. The summed E-state index contributed by atoms with van der Waals surface area (Å²) in [4.78, 5) is 2.11. The number of hydrogen-bond acceptors (Lipinski definition) is 6. The maximum atomic E-state index is 12.2. The molecule has 0 bridgehead atoms. The van der Waals surface area contributed by atoms with E-state index in [9.17, 15) is 8.42 Å². The third kappa shape index (κ3) is 5.34. The van der Waals surface area contributed by atoms with E-state index in [0.717, 1.165) is 13.1 Å². The molecule has 0 saturated heterocycles. The van der Waals surface area contributed by atoms with Crippen molar-refractivity contribution in [3.05, 3.63) is 41.4 Å². The first-order valence-electron chi connectivity index (χ1n) is 6.87. The Morgan fingerprint density at radius 1 is 1.13 bits per heavy atom. The number of anilines is 2. The molecule has 1 aromatic heterocycles. The summed E-state index contributed by atoms with van der Waals surface area (Å²) in [7, 11) is 0.206. The third-order valence-corrected chi connectivity index (χ3v) is 4.46. The predicted molar refractivity (Wildman–Crippen MR) is 91.3 cm³/mol. The maximum absolute atomic E-state index is 12.2. The van der Waals surface area contributed by atoms with Gasteiger partial charge in [0.25, 0.3) is 10.0 Å². The molecular weight excluding hydrogens is 338 g/mol. The highest BCUT2D eigenvalue weighted by atomic mass is 35.5. The Hall–Kier alpha value is -1.90. The second-order valence-corrected chi connectivity index (χ2v) is 7.22. The van der Waals surface area contributed by atoms with Crippen LogP contribution in [0.15, 0.2) is 41.3 Å². The highest BCUT2D eigenvalue weighted by Crippen LogP contribution is 2.18. The van der Waals surface area contributed by atoms with Crippen molar-refractivity contribution in [3.8, 4) is 0 Å². The number of likely N-dealkylation sites (N-methyl/N-ethyl adjacent to an activating group) is 1. The minimum absolute atomic E-state index is 0.0694. The third-order valence-electron chi connectivity index (χ3n) is 2.87. The van der Waals surface area contributed by atoms with Crippen LogP contribution in [-0.4, -0.2) is 50.7 Å². The fourth-order valence-corrected chi connectivity index (χ4v) is 3.02. The van der Waals surface area contributed by atoms with Gasteiger partial charge in [-0.25, -0.2) is 8.42 Å². The molecule has 0 amide bonds. The minimum Gasteiger partial charge on any atom is -0.367 e. The van der Waals surface area contributed by atoms with Gasteiger partial charge in [0.1, 0.15) is 5.82 Å². The molecule has 2 N–H and O–H groups in total.